The molecular formula is C9H13N5O. The predicted octanol–water partition coefficient (Wildman–Crippen LogP) is 0.135. The molecule has 0 aromatic carbocycles. The summed E-state index contributed by atoms with van der Waals surface area (Å²) < 4.78 is 6.86. The fraction of sp³-hybridized carbons (Fsp3) is 0.444. The highest BCUT2D eigenvalue weighted by molar-refractivity contribution is 4.96. The van der Waals surface area contributed by atoms with Gasteiger partial charge >= 0.3 is 0 Å². The number of aromatic nitrogens is 4. The van der Waals surface area contributed by atoms with Gasteiger partial charge in [0.15, 0.2) is 6.33 Å². The van der Waals surface area contributed by atoms with Crippen molar-refractivity contribution in [1.82, 2.24) is 25.0 Å². The summed E-state index contributed by atoms with van der Waals surface area (Å²) in [5.74, 6) is 0.660. The molecule has 0 amide bonds. The maximum absolute atomic E-state index is 4.88. The number of rotatable bonds is 5. The number of hydrogen-bond donors (Lipinski definition) is 1. The highest BCUT2D eigenvalue weighted by Crippen LogP contribution is 1.95. The molecule has 0 unspecified atom stereocenters. The molecule has 1 N–H and O–H groups in total. The zero-order valence-electron chi connectivity index (χ0n) is 8.55. The summed E-state index contributed by atoms with van der Waals surface area (Å²) in [6.45, 7) is 1.61. The van der Waals surface area contributed by atoms with Crippen LogP contribution in [0.5, 0.6) is 0 Å². The molecule has 0 fully saturated rings. The van der Waals surface area contributed by atoms with E-state index in [2.05, 4.69) is 20.4 Å². The van der Waals surface area contributed by atoms with Crippen LogP contribution >= 0.6 is 0 Å². The van der Waals surface area contributed by atoms with E-state index in [0.717, 1.165) is 25.2 Å². The van der Waals surface area contributed by atoms with Gasteiger partial charge in [-0.25, -0.2) is 4.98 Å². The van der Waals surface area contributed by atoms with Crippen LogP contribution in [-0.4, -0.2) is 26.2 Å². The summed E-state index contributed by atoms with van der Waals surface area (Å²) in [6.07, 6.45) is 5.79. The van der Waals surface area contributed by atoms with E-state index >= 15 is 0 Å². The van der Waals surface area contributed by atoms with Gasteiger partial charge in [0.1, 0.15) is 0 Å². The van der Waals surface area contributed by atoms with Crippen LogP contribution in [0.4, 0.5) is 0 Å². The molecule has 15 heavy (non-hydrogen) atoms. The number of hydrogen-bond acceptors (Lipinski definition) is 5. The first-order valence-corrected chi connectivity index (χ1v) is 4.78. The van der Waals surface area contributed by atoms with Crippen LogP contribution < -0.4 is 5.32 Å². The molecule has 2 rings (SSSR count). The van der Waals surface area contributed by atoms with Crippen molar-refractivity contribution >= 4 is 0 Å². The average molecular weight is 207 g/mol. The first-order valence-electron chi connectivity index (χ1n) is 4.78. The monoisotopic (exact) mass is 207 g/mol. The van der Waals surface area contributed by atoms with Gasteiger partial charge in [-0.05, 0) is 0 Å². The van der Waals surface area contributed by atoms with Crippen LogP contribution in [-0.2, 0) is 20.0 Å². The highest BCUT2D eigenvalue weighted by Gasteiger charge is 2.00. The van der Waals surface area contributed by atoms with Crippen LogP contribution in [0.2, 0.25) is 0 Å². The molecule has 2 aromatic heterocycles. The standard InChI is InChI=1S/C9H13N5O/c1-14-7-11-5-8(14)4-10-3-2-9-12-6-13-15-9/h5-7,10H,2-4H2,1H3. The van der Waals surface area contributed by atoms with E-state index in [4.69, 9.17) is 4.52 Å². The molecule has 2 aromatic rings. The van der Waals surface area contributed by atoms with Crippen LogP contribution in [0, 0.1) is 0 Å². The molecule has 0 spiro atoms. The van der Waals surface area contributed by atoms with E-state index in [9.17, 15) is 0 Å². The van der Waals surface area contributed by atoms with Gasteiger partial charge in [-0.3, -0.25) is 0 Å². The molecule has 6 heteroatoms. The normalized spacial score (nSPS) is 10.7. The fourth-order valence-corrected chi connectivity index (χ4v) is 1.27. The van der Waals surface area contributed by atoms with Crippen molar-refractivity contribution in [3.05, 3.63) is 30.4 Å². The Hall–Kier alpha value is -1.69. The molecule has 0 aliphatic carbocycles. The van der Waals surface area contributed by atoms with Gasteiger partial charge in [-0.15, -0.1) is 0 Å². The van der Waals surface area contributed by atoms with Crippen LogP contribution in [0.3, 0.4) is 0 Å². The lowest BCUT2D eigenvalue weighted by Crippen LogP contribution is -2.18. The Morgan fingerprint density at radius 3 is 3.13 bits per heavy atom. The summed E-state index contributed by atoms with van der Waals surface area (Å²) in [6, 6.07) is 0. The Morgan fingerprint density at radius 1 is 1.53 bits per heavy atom. The lowest BCUT2D eigenvalue weighted by atomic mass is 10.4. The van der Waals surface area contributed by atoms with Crippen molar-refractivity contribution in [2.75, 3.05) is 6.54 Å². The van der Waals surface area contributed by atoms with Crippen LogP contribution in [0.25, 0.3) is 0 Å². The molecule has 6 nitrogen and oxygen atoms in total. The second kappa shape index (κ2) is 4.70. The lowest BCUT2D eigenvalue weighted by molar-refractivity contribution is 0.374. The molecule has 0 bridgehead atoms. The lowest BCUT2D eigenvalue weighted by Gasteiger charge is -2.03. The van der Waals surface area contributed by atoms with Crippen LogP contribution in [0.1, 0.15) is 11.6 Å². The molecule has 0 atom stereocenters. The first kappa shape index (κ1) is 9.85. The minimum absolute atomic E-state index is 0.660. The molecule has 0 aliphatic rings. The number of imidazole rings is 1. The molecular weight excluding hydrogens is 194 g/mol. The highest BCUT2D eigenvalue weighted by atomic mass is 16.5. The van der Waals surface area contributed by atoms with E-state index in [1.807, 2.05) is 17.8 Å². The maximum atomic E-state index is 4.88. The van der Waals surface area contributed by atoms with E-state index in [0.29, 0.717) is 5.89 Å². The quantitative estimate of drug-likeness (QED) is 0.706. The minimum Gasteiger partial charge on any atom is -0.340 e. The van der Waals surface area contributed by atoms with E-state index in [1.54, 1.807) is 6.33 Å². The Labute approximate surface area is 87.3 Å². The zero-order chi connectivity index (χ0) is 10.5. The second-order valence-corrected chi connectivity index (χ2v) is 3.26. The number of aryl methyl sites for hydroxylation is 1. The molecule has 0 aliphatic heterocycles. The van der Waals surface area contributed by atoms with Gasteiger partial charge in [0.2, 0.25) is 5.89 Å². The largest absolute Gasteiger partial charge is 0.340 e. The third-order valence-electron chi connectivity index (χ3n) is 2.15. The van der Waals surface area contributed by atoms with Gasteiger partial charge in [-0.1, -0.05) is 5.16 Å². The molecule has 0 radical (unpaired) electrons. The molecule has 0 saturated heterocycles. The predicted molar refractivity (Wildman–Crippen MR) is 52.9 cm³/mol. The fourth-order valence-electron chi connectivity index (χ4n) is 1.27. The smallest absolute Gasteiger partial charge is 0.227 e. The summed E-state index contributed by atoms with van der Waals surface area (Å²) in [5, 5.41) is 6.82. The first-order chi connectivity index (χ1) is 7.36. The minimum atomic E-state index is 0.660. The van der Waals surface area contributed by atoms with Crippen molar-refractivity contribution < 1.29 is 4.52 Å². The van der Waals surface area contributed by atoms with Crippen molar-refractivity contribution in [2.45, 2.75) is 13.0 Å². The Bertz CT molecular complexity index is 394. The SMILES string of the molecule is Cn1cncc1CNCCc1ncno1. The summed E-state index contributed by atoms with van der Waals surface area (Å²) in [5.41, 5.74) is 1.15. The second-order valence-electron chi connectivity index (χ2n) is 3.26. The maximum Gasteiger partial charge on any atom is 0.227 e. The van der Waals surface area contributed by atoms with Crippen molar-refractivity contribution in [1.29, 1.82) is 0 Å². The summed E-state index contributed by atoms with van der Waals surface area (Å²) in [4.78, 5) is 7.97. The van der Waals surface area contributed by atoms with Crippen molar-refractivity contribution in [3.63, 3.8) is 0 Å². The molecule has 2 heterocycles. The van der Waals surface area contributed by atoms with Gasteiger partial charge in [0, 0.05) is 32.8 Å². The summed E-state index contributed by atoms with van der Waals surface area (Å²) in [7, 11) is 1.97. The Kier molecular flexibility index (Phi) is 3.08. The molecule has 0 saturated carbocycles. The topological polar surface area (TPSA) is 68.8 Å². The third-order valence-corrected chi connectivity index (χ3v) is 2.15. The average Bonchev–Trinajstić information content (AvgIpc) is 2.85. The van der Waals surface area contributed by atoms with E-state index in [-0.39, 0.29) is 0 Å². The van der Waals surface area contributed by atoms with Crippen molar-refractivity contribution in [3.8, 4) is 0 Å². The van der Waals surface area contributed by atoms with E-state index < -0.39 is 0 Å². The Morgan fingerprint density at radius 2 is 2.47 bits per heavy atom. The van der Waals surface area contributed by atoms with Crippen molar-refractivity contribution in [2.24, 2.45) is 7.05 Å². The number of nitrogens with zero attached hydrogens (tertiary/aromatic N) is 4. The Balaban J connectivity index is 1.70. The zero-order valence-corrected chi connectivity index (χ0v) is 8.55. The van der Waals surface area contributed by atoms with Gasteiger partial charge in [0.25, 0.3) is 0 Å². The third kappa shape index (κ3) is 2.63. The van der Waals surface area contributed by atoms with Gasteiger partial charge < -0.3 is 14.4 Å². The summed E-state index contributed by atoms with van der Waals surface area (Å²) >= 11 is 0. The van der Waals surface area contributed by atoms with Gasteiger partial charge in [-0.2, -0.15) is 4.98 Å². The number of nitrogens with one attached hydrogen (secondary N) is 1. The van der Waals surface area contributed by atoms with E-state index in [1.165, 1.54) is 6.33 Å². The molecule has 80 valence electrons. The van der Waals surface area contributed by atoms with Gasteiger partial charge in [0.05, 0.1) is 12.0 Å². The van der Waals surface area contributed by atoms with Crippen LogP contribution in [0.15, 0.2) is 23.4 Å².